The Bertz CT molecular complexity index is 866. The van der Waals surface area contributed by atoms with Crippen molar-refractivity contribution in [1.82, 2.24) is 10.2 Å². The molecule has 0 saturated carbocycles. The molecule has 3 rings (SSSR count). The average Bonchev–Trinajstić information content (AvgIpc) is 2.73. The minimum absolute atomic E-state index is 0.0588. The topological polar surface area (TPSA) is 64.7 Å². The molecule has 1 fully saturated rings. The largest absolute Gasteiger partial charge is 0.369 e. The van der Waals surface area contributed by atoms with E-state index in [-0.39, 0.29) is 23.3 Å². The Morgan fingerprint density at radius 2 is 1.70 bits per heavy atom. The van der Waals surface area contributed by atoms with Gasteiger partial charge >= 0.3 is 0 Å². The fourth-order valence-electron chi connectivity index (χ4n) is 3.42. The van der Waals surface area contributed by atoms with Gasteiger partial charge in [0.1, 0.15) is 0 Å². The number of carbonyl (C=O) groups excluding carboxylic acids is 2. The predicted molar refractivity (Wildman–Crippen MR) is 125 cm³/mol. The van der Waals surface area contributed by atoms with Gasteiger partial charge in [0.2, 0.25) is 11.8 Å². The number of rotatable bonds is 8. The summed E-state index contributed by atoms with van der Waals surface area (Å²) in [6, 6.07) is 15.9. The van der Waals surface area contributed by atoms with Gasteiger partial charge in [0, 0.05) is 44.1 Å². The highest BCUT2D eigenvalue weighted by Gasteiger charge is 2.17. The maximum atomic E-state index is 12.2. The molecule has 30 heavy (non-hydrogen) atoms. The van der Waals surface area contributed by atoms with Crippen LogP contribution in [-0.2, 0) is 16.1 Å². The minimum atomic E-state index is -0.0983. The third-order valence-electron chi connectivity index (χ3n) is 5.08. The molecule has 2 aromatic rings. The number of amides is 2. The highest BCUT2D eigenvalue weighted by Crippen LogP contribution is 2.21. The van der Waals surface area contributed by atoms with Crippen LogP contribution in [0.1, 0.15) is 11.1 Å². The number of aryl methyl sites for hydroxylation is 1. The maximum absolute atomic E-state index is 12.2. The quantitative estimate of drug-likeness (QED) is 0.680. The first kappa shape index (κ1) is 22.2. The van der Waals surface area contributed by atoms with Crippen LogP contribution in [0.4, 0.5) is 11.4 Å². The van der Waals surface area contributed by atoms with Crippen molar-refractivity contribution in [2.24, 2.45) is 0 Å². The molecule has 0 aliphatic carbocycles. The van der Waals surface area contributed by atoms with Crippen LogP contribution in [0.2, 0.25) is 0 Å². The van der Waals surface area contributed by atoms with Crippen molar-refractivity contribution in [3.8, 4) is 0 Å². The van der Waals surface area contributed by atoms with Gasteiger partial charge in [-0.2, -0.15) is 0 Å². The summed E-state index contributed by atoms with van der Waals surface area (Å²) in [6.45, 7) is 6.55. The van der Waals surface area contributed by atoms with Crippen molar-refractivity contribution in [3.05, 3.63) is 59.7 Å². The lowest BCUT2D eigenvalue weighted by Crippen LogP contribution is -2.45. The molecular formula is C23H30N4O2S. The van der Waals surface area contributed by atoms with Gasteiger partial charge in [-0.1, -0.05) is 30.3 Å². The number of nitrogens with zero attached hydrogens (tertiary/aromatic N) is 2. The Hall–Kier alpha value is -2.51. The molecule has 1 heterocycles. The van der Waals surface area contributed by atoms with Crippen LogP contribution < -0.4 is 15.5 Å². The SMILES string of the molecule is Cc1cccc(NC(=O)CSCC(=O)NCc2ccccc2N2CCN(C)CC2)c1. The first-order chi connectivity index (χ1) is 14.5. The molecule has 7 heteroatoms. The molecule has 0 bridgehead atoms. The van der Waals surface area contributed by atoms with Crippen LogP contribution in [0.3, 0.4) is 0 Å². The molecule has 6 nitrogen and oxygen atoms in total. The minimum Gasteiger partial charge on any atom is -0.369 e. The number of nitrogens with one attached hydrogen (secondary N) is 2. The molecule has 2 aromatic carbocycles. The second-order valence-electron chi connectivity index (χ2n) is 7.61. The Labute approximate surface area is 183 Å². The molecule has 160 valence electrons. The first-order valence-electron chi connectivity index (χ1n) is 10.2. The van der Waals surface area contributed by atoms with E-state index in [0.29, 0.717) is 6.54 Å². The molecule has 1 aliphatic rings. The average molecular weight is 427 g/mol. The van der Waals surface area contributed by atoms with Gasteiger partial charge in [0.05, 0.1) is 11.5 Å². The molecule has 0 spiro atoms. The van der Waals surface area contributed by atoms with Crippen LogP contribution >= 0.6 is 11.8 Å². The second kappa shape index (κ2) is 11.0. The molecule has 0 atom stereocenters. The lowest BCUT2D eigenvalue weighted by Gasteiger charge is -2.35. The number of hydrogen-bond donors (Lipinski definition) is 2. The Kier molecular flexibility index (Phi) is 8.16. The van der Waals surface area contributed by atoms with Crippen molar-refractivity contribution in [2.75, 3.05) is 54.9 Å². The highest BCUT2D eigenvalue weighted by atomic mass is 32.2. The predicted octanol–water partition coefficient (Wildman–Crippen LogP) is 2.73. The number of anilines is 2. The third-order valence-corrected chi connectivity index (χ3v) is 6.01. The van der Waals surface area contributed by atoms with E-state index in [1.807, 2.05) is 43.3 Å². The summed E-state index contributed by atoms with van der Waals surface area (Å²) in [4.78, 5) is 29.0. The van der Waals surface area contributed by atoms with E-state index < -0.39 is 0 Å². The van der Waals surface area contributed by atoms with Crippen LogP contribution in [0.25, 0.3) is 0 Å². The number of benzene rings is 2. The molecular weight excluding hydrogens is 396 g/mol. The summed E-state index contributed by atoms with van der Waals surface area (Å²) in [5.74, 6) is 0.354. The van der Waals surface area contributed by atoms with E-state index in [4.69, 9.17) is 0 Å². The summed E-state index contributed by atoms with van der Waals surface area (Å²) in [5, 5.41) is 5.85. The Balaban J connectivity index is 1.41. The van der Waals surface area contributed by atoms with Crippen molar-refractivity contribution in [3.63, 3.8) is 0 Å². The van der Waals surface area contributed by atoms with E-state index in [1.165, 1.54) is 17.4 Å². The number of thioether (sulfide) groups is 1. The van der Waals surface area contributed by atoms with Gasteiger partial charge < -0.3 is 20.4 Å². The third kappa shape index (κ3) is 6.78. The van der Waals surface area contributed by atoms with Crippen molar-refractivity contribution >= 4 is 35.0 Å². The first-order valence-corrected chi connectivity index (χ1v) is 11.4. The van der Waals surface area contributed by atoms with Gasteiger partial charge in [-0.25, -0.2) is 0 Å². The summed E-state index contributed by atoms with van der Waals surface area (Å²) in [7, 11) is 2.14. The van der Waals surface area contributed by atoms with E-state index >= 15 is 0 Å². The summed E-state index contributed by atoms with van der Waals surface area (Å²) >= 11 is 1.32. The zero-order valence-corrected chi connectivity index (χ0v) is 18.5. The zero-order chi connectivity index (χ0) is 21.3. The number of hydrogen-bond acceptors (Lipinski definition) is 5. The summed E-state index contributed by atoms with van der Waals surface area (Å²) in [6.07, 6.45) is 0. The fourth-order valence-corrected chi connectivity index (χ4v) is 4.06. The molecule has 0 unspecified atom stereocenters. The lowest BCUT2D eigenvalue weighted by atomic mass is 10.1. The molecule has 1 saturated heterocycles. The Morgan fingerprint density at radius 1 is 0.967 bits per heavy atom. The number of para-hydroxylation sites is 1. The van der Waals surface area contributed by atoms with Crippen LogP contribution in [-0.4, -0.2) is 61.4 Å². The molecule has 2 amide bonds. The number of carbonyl (C=O) groups is 2. The van der Waals surface area contributed by atoms with E-state index in [9.17, 15) is 9.59 Å². The van der Waals surface area contributed by atoms with E-state index in [1.54, 1.807) is 0 Å². The molecule has 1 aliphatic heterocycles. The van der Waals surface area contributed by atoms with Crippen molar-refractivity contribution in [2.45, 2.75) is 13.5 Å². The Morgan fingerprint density at radius 3 is 2.47 bits per heavy atom. The maximum Gasteiger partial charge on any atom is 0.234 e. The molecule has 0 aromatic heterocycles. The number of likely N-dealkylation sites (N-methyl/N-ethyl adjacent to an activating group) is 1. The van der Waals surface area contributed by atoms with Gasteiger partial charge in [-0.15, -0.1) is 11.8 Å². The summed E-state index contributed by atoms with van der Waals surface area (Å²) in [5.41, 5.74) is 4.19. The van der Waals surface area contributed by atoms with Gasteiger partial charge in [0.25, 0.3) is 0 Å². The summed E-state index contributed by atoms with van der Waals surface area (Å²) < 4.78 is 0. The number of piperazine rings is 1. The molecule has 0 radical (unpaired) electrons. The van der Waals surface area contributed by atoms with E-state index in [0.717, 1.165) is 43.0 Å². The standard InChI is InChI=1S/C23H30N4O2S/c1-18-6-5-8-20(14-18)25-23(29)17-30-16-22(28)24-15-19-7-3-4-9-21(19)27-12-10-26(2)11-13-27/h3-9,14H,10-13,15-17H2,1-2H3,(H,24,28)(H,25,29). The fraction of sp³-hybridized carbons (Fsp3) is 0.391. The highest BCUT2D eigenvalue weighted by molar-refractivity contribution is 8.00. The van der Waals surface area contributed by atoms with Crippen LogP contribution in [0.15, 0.2) is 48.5 Å². The van der Waals surface area contributed by atoms with Gasteiger partial charge in [0.15, 0.2) is 0 Å². The monoisotopic (exact) mass is 426 g/mol. The van der Waals surface area contributed by atoms with Gasteiger partial charge in [-0.05, 0) is 43.3 Å². The zero-order valence-electron chi connectivity index (χ0n) is 17.7. The van der Waals surface area contributed by atoms with Crippen LogP contribution in [0.5, 0.6) is 0 Å². The van der Waals surface area contributed by atoms with Crippen LogP contribution in [0, 0.1) is 6.92 Å². The lowest BCUT2D eigenvalue weighted by molar-refractivity contribution is -0.118. The van der Waals surface area contributed by atoms with Crippen molar-refractivity contribution in [1.29, 1.82) is 0 Å². The second-order valence-corrected chi connectivity index (χ2v) is 8.59. The van der Waals surface area contributed by atoms with Crippen molar-refractivity contribution < 1.29 is 9.59 Å². The van der Waals surface area contributed by atoms with Gasteiger partial charge in [-0.3, -0.25) is 9.59 Å². The van der Waals surface area contributed by atoms with E-state index in [2.05, 4.69) is 39.6 Å². The smallest absolute Gasteiger partial charge is 0.234 e. The normalized spacial score (nSPS) is 14.4. The molecule has 2 N–H and O–H groups in total.